The van der Waals surface area contributed by atoms with Crippen molar-refractivity contribution < 1.29 is 35.5 Å². The van der Waals surface area contributed by atoms with Gasteiger partial charge < -0.3 is 4.74 Å². The third-order valence-electron chi connectivity index (χ3n) is 4.44. The Kier molecular flexibility index (Phi) is 5.79. The second kappa shape index (κ2) is 7.85. The largest absolute Gasteiger partial charge is 0.377 e. The maximum absolute atomic E-state index is 14.8. The number of Topliss-reactive ketones (excluding diaryl/α,β-unsaturated/α-hetero) is 1. The molecule has 1 N–H and O–H groups in total. The molecule has 2 aromatic carbocycles. The number of alkyl halides is 2. The normalized spacial score (nSPS) is 15.9. The van der Waals surface area contributed by atoms with Gasteiger partial charge in [0.2, 0.25) is 10.0 Å². The fourth-order valence-electron chi connectivity index (χ4n) is 2.93. The number of nitrogens with one attached hydrogen (secondary N) is 1. The molecule has 29 heavy (non-hydrogen) atoms. The van der Waals surface area contributed by atoms with Crippen molar-refractivity contribution in [3.8, 4) is 0 Å². The van der Waals surface area contributed by atoms with Crippen LogP contribution in [0.15, 0.2) is 41.3 Å². The first kappa shape index (κ1) is 21.4. The van der Waals surface area contributed by atoms with Crippen LogP contribution in [0.2, 0.25) is 0 Å². The highest BCUT2D eigenvalue weighted by molar-refractivity contribution is 7.89. The Bertz CT molecular complexity index is 1050. The van der Waals surface area contributed by atoms with Crippen LogP contribution in [0.4, 0.5) is 17.6 Å². The average Bonchev–Trinajstić information content (AvgIpc) is 2.61. The van der Waals surface area contributed by atoms with Crippen LogP contribution in [-0.4, -0.2) is 33.0 Å². The lowest BCUT2D eigenvalue weighted by molar-refractivity contribution is -0.0523. The molecule has 0 aromatic heterocycles. The molecule has 2 aromatic rings. The van der Waals surface area contributed by atoms with Gasteiger partial charge in [0.1, 0.15) is 10.7 Å². The number of benzene rings is 2. The first-order chi connectivity index (χ1) is 13.5. The Labute approximate surface area is 164 Å². The van der Waals surface area contributed by atoms with Gasteiger partial charge in [0.25, 0.3) is 6.43 Å². The van der Waals surface area contributed by atoms with Crippen molar-refractivity contribution in [3.05, 3.63) is 64.7 Å². The van der Waals surface area contributed by atoms with E-state index in [1.165, 1.54) is 6.07 Å². The van der Waals surface area contributed by atoms with Crippen LogP contribution >= 0.6 is 0 Å². The third-order valence-corrected chi connectivity index (χ3v) is 6.09. The topological polar surface area (TPSA) is 72.5 Å². The van der Waals surface area contributed by atoms with Gasteiger partial charge in [-0.2, -0.15) is 0 Å². The van der Waals surface area contributed by atoms with Gasteiger partial charge in [0.05, 0.1) is 29.9 Å². The second-order valence-corrected chi connectivity index (χ2v) is 8.68. The van der Waals surface area contributed by atoms with E-state index in [0.717, 1.165) is 30.3 Å². The zero-order chi connectivity index (χ0) is 21.4. The van der Waals surface area contributed by atoms with E-state index in [-0.39, 0.29) is 18.8 Å². The highest BCUT2D eigenvalue weighted by Gasteiger charge is 2.39. The predicted molar refractivity (Wildman–Crippen MR) is 95.3 cm³/mol. The fourth-order valence-corrected chi connectivity index (χ4v) is 4.41. The van der Waals surface area contributed by atoms with Crippen LogP contribution in [0.5, 0.6) is 0 Å². The van der Waals surface area contributed by atoms with Crippen LogP contribution in [-0.2, 0) is 21.2 Å². The van der Waals surface area contributed by atoms with Crippen molar-refractivity contribution in [1.29, 1.82) is 0 Å². The van der Waals surface area contributed by atoms with E-state index < -0.39 is 61.8 Å². The summed E-state index contributed by atoms with van der Waals surface area (Å²) in [6.45, 7) is 1.85. The molecule has 1 heterocycles. The van der Waals surface area contributed by atoms with Gasteiger partial charge in [-0.25, -0.2) is 30.7 Å². The number of ether oxygens (including phenoxy) is 1. The van der Waals surface area contributed by atoms with Crippen LogP contribution in [0.1, 0.15) is 34.8 Å². The van der Waals surface area contributed by atoms with Gasteiger partial charge in [-0.3, -0.25) is 4.79 Å². The number of hydrogen-bond donors (Lipinski definition) is 1. The Morgan fingerprint density at radius 2 is 1.90 bits per heavy atom. The summed E-state index contributed by atoms with van der Waals surface area (Å²) < 4.78 is 86.2. The van der Waals surface area contributed by atoms with Gasteiger partial charge in [-0.05, 0) is 36.8 Å². The summed E-state index contributed by atoms with van der Waals surface area (Å²) in [6, 6.07) is 6.09. The molecular formula is C19H17F4NO4S. The summed E-state index contributed by atoms with van der Waals surface area (Å²) in [7, 11) is -4.27. The number of carbonyl (C=O) groups excluding carboxylic acids is 1. The third kappa shape index (κ3) is 4.49. The molecule has 0 spiro atoms. The molecule has 0 amide bonds. The van der Waals surface area contributed by atoms with Crippen molar-refractivity contribution in [2.45, 2.75) is 30.2 Å². The minimum atomic E-state index is -4.27. The molecule has 0 unspecified atom stereocenters. The van der Waals surface area contributed by atoms with E-state index >= 15 is 0 Å². The summed E-state index contributed by atoms with van der Waals surface area (Å²) in [6.07, 6.45) is -3.57. The summed E-state index contributed by atoms with van der Waals surface area (Å²) in [5.41, 5.74) is -2.19. The van der Waals surface area contributed by atoms with Gasteiger partial charge in [-0.15, -0.1) is 0 Å². The molecule has 156 valence electrons. The number of hydrogen-bond acceptors (Lipinski definition) is 4. The molecule has 3 rings (SSSR count). The van der Waals surface area contributed by atoms with Gasteiger partial charge in [-0.1, -0.05) is 12.1 Å². The van der Waals surface area contributed by atoms with Crippen LogP contribution in [0.25, 0.3) is 0 Å². The van der Waals surface area contributed by atoms with Crippen molar-refractivity contribution in [1.82, 2.24) is 4.72 Å². The Morgan fingerprint density at radius 1 is 1.21 bits per heavy atom. The maximum Gasteiger partial charge on any atom is 0.266 e. The standard InChI is InChI=1S/C19H17F4NO4S/c1-19(9-28-10-19)24-29(26,27)16-4-2-3-12(17(16)21)15(25)8-11-5-6-14(20)13(7-11)18(22)23/h2-7,18,24H,8-10H2,1H3. The smallest absolute Gasteiger partial charge is 0.266 e. The lowest BCUT2D eigenvalue weighted by Crippen LogP contribution is -2.59. The molecule has 0 radical (unpaired) electrons. The number of ketones is 1. The van der Waals surface area contributed by atoms with Crippen molar-refractivity contribution >= 4 is 15.8 Å². The summed E-state index contributed by atoms with van der Waals surface area (Å²) >= 11 is 0. The van der Waals surface area contributed by atoms with E-state index in [4.69, 9.17) is 4.74 Å². The molecule has 1 saturated heterocycles. The Balaban J connectivity index is 1.87. The van der Waals surface area contributed by atoms with Crippen molar-refractivity contribution in [3.63, 3.8) is 0 Å². The summed E-state index contributed by atoms with van der Waals surface area (Å²) in [4.78, 5) is 11.8. The molecule has 0 aliphatic carbocycles. The Morgan fingerprint density at radius 3 is 2.48 bits per heavy atom. The number of carbonyl (C=O) groups is 1. The van der Waals surface area contributed by atoms with Gasteiger partial charge in [0.15, 0.2) is 11.6 Å². The quantitative estimate of drug-likeness (QED) is 0.539. The Hall–Kier alpha value is -2.30. The number of sulfonamides is 1. The molecule has 1 fully saturated rings. The van der Waals surface area contributed by atoms with E-state index in [9.17, 15) is 30.8 Å². The molecule has 1 aliphatic rings. The van der Waals surface area contributed by atoms with Crippen molar-refractivity contribution in [2.75, 3.05) is 13.2 Å². The zero-order valence-electron chi connectivity index (χ0n) is 15.2. The van der Waals surface area contributed by atoms with Gasteiger partial charge in [0, 0.05) is 6.42 Å². The lowest BCUT2D eigenvalue weighted by atomic mass is 10.0. The van der Waals surface area contributed by atoms with Crippen LogP contribution < -0.4 is 4.72 Å². The molecule has 5 nitrogen and oxygen atoms in total. The average molecular weight is 431 g/mol. The minimum Gasteiger partial charge on any atom is -0.377 e. The van der Waals surface area contributed by atoms with Gasteiger partial charge >= 0.3 is 0 Å². The van der Waals surface area contributed by atoms with E-state index in [0.29, 0.717) is 0 Å². The maximum atomic E-state index is 14.8. The highest BCUT2D eigenvalue weighted by atomic mass is 32.2. The molecule has 0 saturated carbocycles. The molecular weight excluding hydrogens is 414 g/mol. The number of rotatable bonds is 7. The second-order valence-electron chi connectivity index (χ2n) is 7.03. The van der Waals surface area contributed by atoms with E-state index in [2.05, 4.69) is 4.72 Å². The first-order valence-electron chi connectivity index (χ1n) is 8.52. The molecule has 0 bridgehead atoms. The SMILES string of the molecule is CC1(NS(=O)(=O)c2cccc(C(=O)Cc3ccc(F)c(C(F)F)c3)c2F)COC1. The van der Waals surface area contributed by atoms with Crippen molar-refractivity contribution in [2.24, 2.45) is 0 Å². The highest BCUT2D eigenvalue weighted by Crippen LogP contribution is 2.26. The van der Waals surface area contributed by atoms with Crippen LogP contribution in [0.3, 0.4) is 0 Å². The minimum absolute atomic E-state index is 0.0524. The van der Waals surface area contributed by atoms with E-state index in [1.807, 2.05) is 0 Å². The number of halogens is 4. The summed E-state index contributed by atoms with van der Waals surface area (Å²) in [5.74, 6) is -3.19. The van der Waals surface area contributed by atoms with Crippen LogP contribution in [0, 0.1) is 11.6 Å². The fraction of sp³-hybridized carbons (Fsp3) is 0.316. The molecule has 0 atom stereocenters. The summed E-state index contributed by atoms with van der Waals surface area (Å²) in [5, 5.41) is 0. The molecule has 10 heteroatoms. The monoisotopic (exact) mass is 431 g/mol. The predicted octanol–water partition coefficient (Wildman–Crippen LogP) is 3.40. The molecule has 1 aliphatic heterocycles. The zero-order valence-corrected chi connectivity index (χ0v) is 16.0. The van der Waals surface area contributed by atoms with E-state index in [1.54, 1.807) is 6.92 Å². The lowest BCUT2D eigenvalue weighted by Gasteiger charge is -2.38. The first-order valence-corrected chi connectivity index (χ1v) is 10.0.